The Kier molecular flexibility index (Phi) is 5.53. The summed E-state index contributed by atoms with van der Waals surface area (Å²) in [5.74, 6) is 2.78. The number of fused-ring (bicyclic) bond motifs is 2. The summed E-state index contributed by atoms with van der Waals surface area (Å²) in [6.07, 6.45) is 0. The highest BCUT2D eigenvalue weighted by molar-refractivity contribution is 6.40. The predicted octanol–water partition coefficient (Wildman–Crippen LogP) is 5.53. The first-order chi connectivity index (χ1) is 18.0. The van der Waals surface area contributed by atoms with Gasteiger partial charge in [0.05, 0.1) is 11.1 Å². The summed E-state index contributed by atoms with van der Waals surface area (Å²) < 4.78 is 18.7. The highest BCUT2D eigenvalue weighted by Crippen LogP contribution is 2.38. The van der Waals surface area contributed by atoms with Gasteiger partial charge in [-0.25, -0.2) is 9.98 Å². The lowest BCUT2D eigenvalue weighted by Gasteiger charge is -2.23. The van der Waals surface area contributed by atoms with E-state index in [9.17, 15) is 0 Å². The maximum Gasteiger partial charge on any atom is 0.223 e. The molecule has 0 radical (unpaired) electrons. The van der Waals surface area contributed by atoms with Crippen molar-refractivity contribution in [1.82, 2.24) is 0 Å². The topological polar surface area (TPSA) is 52.4 Å². The van der Waals surface area contributed by atoms with Crippen LogP contribution in [0.3, 0.4) is 0 Å². The van der Waals surface area contributed by atoms with Gasteiger partial charge in [0.2, 0.25) is 11.8 Å². The molecule has 0 saturated heterocycles. The van der Waals surface area contributed by atoms with Crippen LogP contribution in [0.2, 0.25) is 0 Å². The van der Waals surface area contributed by atoms with E-state index in [0.29, 0.717) is 25.0 Å². The van der Waals surface area contributed by atoms with E-state index >= 15 is 0 Å². The molecule has 5 heteroatoms. The molecule has 0 saturated carbocycles. The fourth-order valence-electron chi connectivity index (χ4n) is 5.60. The van der Waals surface area contributed by atoms with Crippen LogP contribution in [0, 0.1) is 20.8 Å². The van der Waals surface area contributed by atoms with E-state index < -0.39 is 0 Å². The minimum atomic E-state index is -0.305. The van der Waals surface area contributed by atoms with E-state index in [1.165, 1.54) is 27.8 Å². The van der Waals surface area contributed by atoms with Gasteiger partial charge >= 0.3 is 0 Å². The van der Waals surface area contributed by atoms with Crippen LogP contribution in [0.5, 0.6) is 11.5 Å². The summed E-state index contributed by atoms with van der Waals surface area (Å²) >= 11 is 0. The Morgan fingerprint density at radius 2 is 1.34 bits per heavy atom. The van der Waals surface area contributed by atoms with Gasteiger partial charge in [-0.1, -0.05) is 42.0 Å². The normalized spacial score (nSPS) is 18.4. The lowest BCUT2D eigenvalue weighted by molar-refractivity contribution is 0.275. The zero-order chi connectivity index (χ0) is 26.8. The van der Waals surface area contributed by atoms with E-state index in [1.807, 2.05) is 12.1 Å². The summed E-state index contributed by atoms with van der Waals surface area (Å²) in [7, 11) is 0. The van der Waals surface area contributed by atoms with Gasteiger partial charge in [0.25, 0.3) is 0 Å². The molecule has 0 N–H and O–H groups in total. The largest absolute Gasteiger partial charge is 0.475 e. The second kappa shape index (κ2) is 8.59. The zero-order valence-electron chi connectivity index (χ0n) is 23.2. The number of para-hydroxylation sites is 1. The number of nitrogens with zero attached hydrogens (tertiary/aromatic N) is 2. The number of hydrogen-bond acceptors (Lipinski definition) is 5. The van der Waals surface area contributed by atoms with Crippen molar-refractivity contribution in [2.75, 3.05) is 13.2 Å². The van der Waals surface area contributed by atoms with Gasteiger partial charge in [0.15, 0.2) is 0 Å². The molecule has 0 atom stereocenters. The second-order valence-corrected chi connectivity index (χ2v) is 11.9. The average molecular weight is 507 g/mol. The molecular formula is C33H34N2O3. The van der Waals surface area contributed by atoms with Crippen LogP contribution in [-0.2, 0) is 9.47 Å². The van der Waals surface area contributed by atoms with Crippen molar-refractivity contribution in [3.8, 4) is 11.5 Å². The van der Waals surface area contributed by atoms with E-state index in [1.54, 1.807) is 0 Å². The van der Waals surface area contributed by atoms with Crippen molar-refractivity contribution < 1.29 is 14.2 Å². The van der Waals surface area contributed by atoms with Crippen LogP contribution in [0.4, 0.5) is 0 Å². The smallest absolute Gasteiger partial charge is 0.223 e. The van der Waals surface area contributed by atoms with Crippen molar-refractivity contribution in [3.63, 3.8) is 0 Å². The molecule has 5 nitrogen and oxygen atoms in total. The number of aliphatic imine (C=N–C) groups is 2. The van der Waals surface area contributed by atoms with Crippen LogP contribution in [0.25, 0.3) is 11.1 Å². The molecule has 0 aromatic heterocycles. The van der Waals surface area contributed by atoms with E-state index in [-0.39, 0.29) is 11.1 Å². The van der Waals surface area contributed by atoms with Gasteiger partial charge in [-0.15, -0.1) is 0 Å². The molecule has 6 rings (SSSR count). The van der Waals surface area contributed by atoms with Gasteiger partial charge in [-0.3, -0.25) is 0 Å². The predicted molar refractivity (Wildman–Crippen MR) is 153 cm³/mol. The summed E-state index contributed by atoms with van der Waals surface area (Å²) in [5.41, 5.74) is 7.47. The first-order valence-electron chi connectivity index (χ1n) is 13.2. The van der Waals surface area contributed by atoms with Crippen molar-refractivity contribution in [2.24, 2.45) is 9.98 Å². The van der Waals surface area contributed by atoms with Gasteiger partial charge in [0, 0.05) is 16.4 Å². The third-order valence-electron chi connectivity index (χ3n) is 7.20. The monoisotopic (exact) mass is 506 g/mol. The number of aryl methyl sites for hydroxylation is 3. The third kappa shape index (κ3) is 4.20. The molecule has 0 spiro atoms. The van der Waals surface area contributed by atoms with Crippen LogP contribution in [0.15, 0.2) is 64.6 Å². The van der Waals surface area contributed by atoms with Crippen molar-refractivity contribution in [1.29, 1.82) is 0 Å². The third-order valence-corrected chi connectivity index (χ3v) is 7.20. The van der Waals surface area contributed by atoms with Gasteiger partial charge in [-0.05, 0) is 88.6 Å². The fraction of sp³-hybridized carbons (Fsp3) is 0.333. The van der Waals surface area contributed by atoms with Gasteiger partial charge < -0.3 is 14.2 Å². The summed E-state index contributed by atoms with van der Waals surface area (Å²) in [4.78, 5) is 9.76. The number of ether oxygens (including phenoxy) is 3. The van der Waals surface area contributed by atoms with Crippen LogP contribution >= 0.6 is 0 Å². The highest BCUT2D eigenvalue weighted by atomic mass is 16.5. The summed E-state index contributed by atoms with van der Waals surface area (Å²) in [6.45, 7) is 15.8. The minimum absolute atomic E-state index is 0.305. The molecule has 194 valence electrons. The first-order valence-corrected chi connectivity index (χ1v) is 13.2. The molecule has 0 aliphatic carbocycles. The number of hydrogen-bond donors (Lipinski definition) is 0. The Morgan fingerprint density at radius 3 is 1.92 bits per heavy atom. The molecule has 3 aliphatic heterocycles. The van der Waals surface area contributed by atoms with Crippen LogP contribution in [0.1, 0.15) is 55.5 Å². The quantitative estimate of drug-likeness (QED) is 0.367. The van der Waals surface area contributed by atoms with Gasteiger partial charge in [0.1, 0.15) is 30.3 Å². The molecule has 0 amide bonds. The fourth-order valence-corrected chi connectivity index (χ4v) is 5.60. The lowest BCUT2D eigenvalue weighted by atomic mass is 9.86. The molecule has 0 bridgehead atoms. The molecule has 38 heavy (non-hydrogen) atoms. The Balaban J connectivity index is 1.67. The Morgan fingerprint density at radius 1 is 0.737 bits per heavy atom. The maximum atomic E-state index is 6.54. The maximum absolute atomic E-state index is 6.54. The van der Waals surface area contributed by atoms with Crippen LogP contribution < -0.4 is 15.2 Å². The molecular weight excluding hydrogens is 472 g/mol. The Bertz CT molecular complexity index is 1620. The van der Waals surface area contributed by atoms with E-state index in [4.69, 9.17) is 24.2 Å². The summed E-state index contributed by atoms with van der Waals surface area (Å²) in [5, 5.41) is 1.97. The zero-order valence-corrected chi connectivity index (χ0v) is 23.2. The second-order valence-electron chi connectivity index (χ2n) is 11.9. The van der Waals surface area contributed by atoms with Crippen molar-refractivity contribution >= 4 is 22.9 Å². The molecule has 0 fully saturated rings. The van der Waals surface area contributed by atoms with Crippen molar-refractivity contribution in [2.45, 2.75) is 59.5 Å². The van der Waals surface area contributed by atoms with Crippen LogP contribution in [-0.4, -0.2) is 36.1 Å². The Hall–Kier alpha value is -3.86. The summed E-state index contributed by atoms with van der Waals surface area (Å²) in [6, 6.07) is 19.1. The highest BCUT2D eigenvalue weighted by Gasteiger charge is 2.35. The SMILES string of the molecule is Cc1cc(C)c(C2=c3ccc(=C(C4=NC(C)(C)CO4)C4=NC(C)(C)CO4)cc3Oc3ccccc32)c(C)c1. The minimum Gasteiger partial charge on any atom is -0.475 e. The van der Waals surface area contributed by atoms with E-state index in [2.05, 4.69) is 90.9 Å². The molecule has 3 heterocycles. The molecule has 0 unspecified atom stereocenters. The molecule has 3 aromatic rings. The van der Waals surface area contributed by atoms with E-state index in [0.717, 1.165) is 33.1 Å². The molecule has 3 aliphatic rings. The lowest BCUT2D eigenvalue weighted by Crippen LogP contribution is -2.25. The first kappa shape index (κ1) is 24.5. The molecule has 3 aromatic carbocycles. The number of benzene rings is 3. The average Bonchev–Trinajstić information content (AvgIpc) is 3.38. The van der Waals surface area contributed by atoms with Gasteiger partial charge in [-0.2, -0.15) is 0 Å². The standard InChI is InChI=1S/C33H34N2O3/c1-19-14-20(2)27(21(3)15-19)29-23-10-8-9-11-25(23)38-26-16-22(12-13-24(26)29)28(30-34-32(4,5)17-36-30)31-35-33(6,7)18-37-31/h8-16H,17-18H2,1-7H3. The Labute approximate surface area is 224 Å². The van der Waals surface area contributed by atoms with Crippen molar-refractivity contribution in [3.05, 3.63) is 92.9 Å². The number of rotatable bonds is 3.